The van der Waals surface area contributed by atoms with Crippen molar-refractivity contribution < 1.29 is 14.7 Å². The van der Waals surface area contributed by atoms with Crippen molar-refractivity contribution in [1.82, 2.24) is 4.90 Å². The largest absolute Gasteiger partial charge is 0.480 e. The van der Waals surface area contributed by atoms with Crippen LogP contribution in [0.4, 0.5) is 0 Å². The number of amides is 1. The van der Waals surface area contributed by atoms with Crippen molar-refractivity contribution in [2.24, 2.45) is 0 Å². The van der Waals surface area contributed by atoms with Gasteiger partial charge < -0.3 is 10.0 Å². The van der Waals surface area contributed by atoms with Gasteiger partial charge in [-0.1, -0.05) is 23.2 Å². The molecule has 0 radical (unpaired) electrons. The standard InChI is InChI=1S/C13H13Cl2NO3/c1-7(13(18)19)16(9-3-4-9)12(17)10-5-2-8(14)6-11(10)15/h2,5-7,9H,3-4H2,1H3,(H,18,19). The van der Waals surface area contributed by atoms with Crippen LogP contribution in [-0.2, 0) is 4.79 Å². The Bertz CT molecular complexity index is 529. The highest BCUT2D eigenvalue weighted by atomic mass is 35.5. The number of carbonyl (C=O) groups excluding carboxylic acids is 1. The van der Waals surface area contributed by atoms with Gasteiger partial charge in [0.15, 0.2) is 0 Å². The second-order valence-electron chi connectivity index (χ2n) is 4.58. The van der Waals surface area contributed by atoms with Crippen LogP contribution in [-0.4, -0.2) is 34.0 Å². The molecule has 6 heteroatoms. The van der Waals surface area contributed by atoms with Crippen molar-refractivity contribution in [3.8, 4) is 0 Å². The molecule has 0 aromatic heterocycles. The van der Waals surface area contributed by atoms with E-state index in [0.29, 0.717) is 5.02 Å². The lowest BCUT2D eigenvalue weighted by atomic mass is 10.1. The molecule has 1 unspecified atom stereocenters. The number of hydrogen-bond donors (Lipinski definition) is 1. The van der Waals surface area contributed by atoms with Gasteiger partial charge in [-0.3, -0.25) is 4.79 Å². The number of hydrogen-bond acceptors (Lipinski definition) is 2. The summed E-state index contributed by atoms with van der Waals surface area (Å²) in [6, 6.07) is 3.69. The van der Waals surface area contributed by atoms with Crippen LogP contribution >= 0.6 is 23.2 Å². The number of carbonyl (C=O) groups is 2. The molecule has 1 N–H and O–H groups in total. The second kappa shape index (κ2) is 5.39. The molecule has 1 aromatic rings. The first-order valence-electron chi connectivity index (χ1n) is 5.92. The Morgan fingerprint density at radius 2 is 2.00 bits per heavy atom. The van der Waals surface area contributed by atoms with Crippen LogP contribution in [0, 0.1) is 0 Å². The predicted molar refractivity (Wildman–Crippen MR) is 72.8 cm³/mol. The number of nitrogens with zero attached hydrogens (tertiary/aromatic N) is 1. The van der Waals surface area contributed by atoms with Crippen molar-refractivity contribution >= 4 is 35.1 Å². The molecule has 1 amide bonds. The van der Waals surface area contributed by atoms with Crippen LogP contribution in [0.1, 0.15) is 30.1 Å². The first kappa shape index (κ1) is 14.2. The molecule has 0 bridgehead atoms. The van der Waals surface area contributed by atoms with E-state index in [0.717, 1.165) is 12.8 Å². The van der Waals surface area contributed by atoms with Gasteiger partial charge in [-0.25, -0.2) is 4.79 Å². The molecule has 0 saturated heterocycles. The lowest BCUT2D eigenvalue weighted by molar-refractivity contribution is -0.141. The summed E-state index contributed by atoms with van der Waals surface area (Å²) in [6.07, 6.45) is 1.66. The van der Waals surface area contributed by atoms with E-state index in [1.165, 1.54) is 24.0 Å². The lowest BCUT2D eigenvalue weighted by Crippen LogP contribution is -2.44. The first-order chi connectivity index (χ1) is 8.91. The molecule has 0 heterocycles. The molecule has 0 aliphatic heterocycles. The third kappa shape index (κ3) is 3.01. The Morgan fingerprint density at radius 1 is 1.37 bits per heavy atom. The molecule has 1 aromatic carbocycles. The molecule has 4 nitrogen and oxygen atoms in total. The molecular weight excluding hydrogens is 289 g/mol. The summed E-state index contributed by atoms with van der Waals surface area (Å²) in [7, 11) is 0. The Balaban J connectivity index is 2.31. The molecular formula is C13H13Cl2NO3. The van der Waals surface area contributed by atoms with E-state index in [9.17, 15) is 9.59 Å². The maximum absolute atomic E-state index is 12.4. The zero-order valence-corrected chi connectivity index (χ0v) is 11.8. The predicted octanol–water partition coefficient (Wildman–Crippen LogP) is 3.07. The third-order valence-electron chi connectivity index (χ3n) is 3.11. The zero-order chi connectivity index (χ0) is 14.2. The minimum Gasteiger partial charge on any atom is -0.480 e. The number of carboxylic acids is 1. The van der Waals surface area contributed by atoms with E-state index >= 15 is 0 Å². The summed E-state index contributed by atoms with van der Waals surface area (Å²) < 4.78 is 0. The number of rotatable bonds is 4. The lowest BCUT2D eigenvalue weighted by Gasteiger charge is -2.26. The maximum atomic E-state index is 12.4. The Kier molecular flexibility index (Phi) is 4.02. The van der Waals surface area contributed by atoms with E-state index in [4.69, 9.17) is 28.3 Å². The summed E-state index contributed by atoms with van der Waals surface area (Å²) in [6.45, 7) is 1.50. The quantitative estimate of drug-likeness (QED) is 0.930. The fourth-order valence-electron chi connectivity index (χ4n) is 1.93. The molecule has 1 fully saturated rings. The van der Waals surface area contributed by atoms with E-state index in [1.54, 1.807) is 6.07 Å². The van der Waals surface area contributed by atoms with Gasteiger partial charge in [-0.05, 0) is 38.0 Å². The van der Waals surface area contributed by atoms with E-state index in [2.05, 4.69) is 0 Å². The molecule has 102 valence electrons. The summed E-state index contributed by atoms with van der Waals surface area (Å²) in [5, 5.41) is 9.76. The van der Waals surface area contributed by atoms with Crippen molar-refractivity contribution in [2.75, 3.05) is 0 Å². The first-order valence-corrected chi connectivity index (χ1v) is 6.68. The Hall–Kier alpha value is -1.26. The van der Waals surface area contributed by atoms with Gasteiger partial charge in [0.2, 0.25) is 0 Å². The van der Waals surface area contributed by atoms with Crippen molar-refractivity contribution in [2.45, 2.75) is 31.8 Å². The molecule has 1 saturated carbocycles. The van der Waals surface area contributed by atoms with Gasteiger partial charge in [0.05, 0.1) is 10.6 Å². The highest BCUT2D eigenvalue weighted by Crippen LogP contribution is 2.32. The molecule has 1 aliphatic rings. The van der Waals surface area contributed by atoms with Crippen molar-refractivity contribution in [3.05, 3.63) is 33.8 Å². The monoisotopic (exact) mass is 301 g/mol. The summed E-state index contributed by atoms with van der Waals surface area (Å²) in [5.74, 6) is -1.38. The van der Waals surface area contributed by atoms with Crippen LogP contribution in [0.25, 0.3) is 0 Å². The summed E-state index contributed by atoms with van der Waals surface area (Å²) in [4.78, 5) is 24.9. The zero-order valence-electron chi connectivity index (χ0n) is 10.3. The molecule has 2 rings (SSSR count). The maximum Gasteiger partial charge on any atom is 0.326 e. The van der Waals surface area contributed by atoms with Crippen LogP contribution < -0.4 is 0 Å². The molecule has 19 heavy (non-hydrogen) atoms. The number of benzene rings is 1. The fraction of sp³-hybridized carbons (Fsp3) is 0.385. The van der Waals surface area contributed by atoms with Crippen molar-refractivity contribution in [1.29, 1.82) is 0 Å². The fourth-order valence-corrected chi connectivity index (χ4v) is 2.42. The van der Waals surface area contributed by atoms with Crippen LogP contribution in [0.2, 0.25) is 10.0 Å². The minimum absolute atomic E-state index is 0.00894. The normalized spacial score (nSPS) is 15.9. The minimum atomic E-state index is -1.02. The second-order valence-corrected chi connectivity index (χ2v) is 5.43. The average Bonchev–Trinajstić information content (AvgIpc) is 3.13. The van der Waals surface area contributed by atoms with E-state index in [-0.39, 0.29) is 22.5 Å². The molecule has 0 spiro atoms. The summed E-state index contributed by atoms with van der Waals surface area (Å²) in [5.41, 5.74) is 0.283. The Labute approximate surface area is 120 Å². The summed E-state index contributed by atoms with van der Waals surface area (Å²) >= 11 is 11.8. The third-order valence-corrected chi connectivity index (χ3v) is 3.66. The van der Waals surface area contributed by atoms with Crippen LogP contribution in [0.15, 0.2) is 18.2 Å². The molecule has 1 aliphatic carbocycles. The van der Waals surface area contributed by atoms with Gasteiger partial charge >= 0.3 is 5.97 Å². The van der Waals surface area contributed by atoms with Gasteiger partial charge in [0.1, 0.15) is 6.04 Å². The van der Waals surface area contributed by atoms with E-state index in [1.807, 2.05) is 0 Å². The van der Waals surface area contributed by atoms with Gasteiger partial charge in [0.25, 0.3) is 5.91 Å². The smallest absolute Gasteiger partial charge is 0.326 e. The highest BCUT2D eigenvalue weighted by molar-refractivity contribution is 6.36. The number of aliphatic carboxylic acids is 1. The highest BCUT2D eigenvalue weighted by Gasteiger charge is 2.39. The van der Waals surface area contributed by atoms with Gasteiger partial charge in [0, 0.05) is 11.1 Å². The van der Waals surface area contributed by atoms with E-state index < -0.39 is 12.0 Å². The topological polar surface area (TPSA) is 57.6 Å². The average molecular weight is 302 g/mol. The van der Waals surface area contributed by atoms with Gasteiger partial charge in [-0.15, -0.1) is 0 Å². The number of halogens is 2. The van der Waals surface area contributed by atoms with Crippen LogP contribution in [0.5, 0.6) is 0 Å². The molecule has 1 atom stereocenters. The van der Waals surface area contributed by atoms with Crippen LogP contribution in [0.3, 0.4) is 0 Å². The SMILES string of the molecule is CC(C(=O)O)N(C(=O)c1ccc(Cl)cc1Cl)C1CC1. The van der Waals surface area contributed by atoms with Gasteiger partial charge in [-0.2, -0.15) is 0 Å². The van der Waals surface area contributed by atoms with Crippen molar-refractivity contribution in [3.63, 3.8) is 0 Å². The Morgan fingerprint density at radius 3 is 2.47 bits per heavy atom. The number of carboxylic acid groups (broad SMARTS) is 1.